The molecule has 0 unspecified atom stereocenters. The minimum absolute atomic E-state index is 0.00795. The highest BCUT2D eigenvalue weighted by Crippen LogP contribution is 2.54. The van der Waals surface area contributed by atoms with Gasteiger partial charge >= 0.3 is 11.9 Å². The van der Waals surface area contributed by atoms with E-state index in [-0.39, 0.29) is 29.6 Å². The van der Waals surface area contributed by atoms with Crippen LogP contribution in [0.25, 0.3) is 0 Å². The van der Waals surface area contributed by atoms with Crippen molar-refractivity contribution in [2.75, 3.05) is 0 Å². The first-order chi connectivity index (χ1) is 30.2. The Morgan fingerprint density at radius 2 is 1.26 bits per heavy atom. The van der Waals surface area contributed by atoms with E-state index >= 15 is 0 Å². The molecule has 0 saturated carbocycles. The fourth-order valence-corrected chi connectivity index (χ4v) is 9.32. The van der Waals surface area contributed by atoms with Gasteiger partial charge in [0.15, 0.2) is 0 Å². The van der Waals surface area contributed by atoms with Crippen molar-refractivity contribution in [3.8, 4) is 11.5 Å². The Morgan fingerprint density at radius 3 is 1.94 bits per heavy atom. The second kappa shape index (κ2) is 32.6. The Morgan fingerprint density at radius 1 is 0.694 bits per heavy atom. The smallest absolute Gasteiger partial charge is 0.311 e. The molecule has 0 saturated heterocycles. The van der Waals surface area contributed by atoms with Crippen LogP contribution in [-0.4, -0.2) is 23.6 Å². The van der Waals surface area contributed by atoms with Gasteiger partial charge in [0.2, 0.25) is 0 Å². The van der Waals surface area contributed by atoms with Crippen molar-refractivity contribution >= 4 is 11.9 Å². The number of rotatable bonds is 35. The predicted molar refractivity (Wildman–Crippen MR) is 263 cm³/mol. The van der Waals surface area contributed by atoms with E-state index in [9.17, 15) is 9.59 Å². The molecule has 0 aromatic heterocycles. The van der Waals surface area contributed by atoms with Gasteiger partial charge in [0, 0.05) is 36.7 Å². The zero-order valence-electron chi connectivity index (χ0n) is 40.9. The summed E-state index contributed by atoms with van der Waals surface area (Å²) in [6.07, 6.45) is 49.7. The topological polar surface area (TPSA) is 61.8 Å². The van der Waals surface area contributed by atoms with Crippen LogP contribution in [0.1, 0.15) is 251 Å². The lowest BCUT2D eigenvalue weighted by atomic mass is 9.68. The number of carbonyl (C=O) groups excluding carboxylic acids is 2. The molecule has 2 aliphatic rings. The van der Waals surface area contributed by atoms with Crippen molar-refractivity contribution < 1.29 is 23.8 Å². The average molecular weight is 857 g/mol. The van der Waals surface area contributed by atoms with Crippen LogP contribution in [0.4, 0.5) is 0 Å². The molecule has 5 heteroatoms. The minimum atomic E-state index is -0.262. The summed E-state index contributed by atoms with van der Waals surface area (Å²) < 4.78 is 18.9. The Hall–Kier alpha value is -3.08. The van der Waals surface area contributed by atoms with Gasteiger partial charge in [-0.3, -0.25) is 9.59 Å². The number of ether oxygens (including phenoxy) is 3. The lowest BCUT2D eigenvalue weighted by molar-refractivity contribution is -0.149. The summed E-state index contributed by atoms with van der Waals surface area (Å²) in [5, 5.41) is 0. The van der Waals surface area contributed by atoms with Crippen molar-refractivity contribution in [1.29, 1.82) is 0 Å². The van der Waals surface area contributed by atoms with Crippen molar-refractivity contribution in [2.45, 2.75) is 258 Å². The normalized spacial score (nSPS) is 17.5. The molecular formula is C57H92O5. The van der Waals surface area contributed by atoms with Crippen LogP contribution in [0.15, 0.2) is 60.2 Å². The van der Waals surface area contributed by atoms with Crippen LogP contribution < -0.4 is 9.47 Å². The van der Waals surface area contributed by atoms with E-state index in [1.165, 1.54) is 88.2 Å². The molecule has 62 heavy (non-hydrogen) atoms. The van der Waals surface area contributed by atoms with Crippen molar-refractivity contribution in [2.24, 2.45) is 5.92 Å². The zero-order valence-corrected chi connectivity index (χ0v) is 40.9. The number of aryl methyl sites for hydroxylation is 1. The molecule has 0 fully saturated rings. The molecule has 1 aliphatic heterocycles. The maximum absolute atomic E-state index is 13.3. The first kappa shape index (κ1) is 53.3. The number of hydrogen-bond acceptors (Lipinski definition) is 5. The summed E-state index contributed by atoms with van der Waals surface area (Å²) in [5.74, 6) is 2.04. The van der Waals surface area contributed by atoms with Crippen molar-refractivity contribution in [3.05, 3.63) is 71.4 Å². The van der Waals surface area contributed by atoms with Gasteiger partial charge < -0.3 is 14.2 Å². The average Bonchev–Trinajstić information content (AvgIpc) is 3.23. The van der Waals surface area contributed by atoms with Gasteiger partial charge in [-0.05, 0) is 135 Å². The summed E-state index contributed by atoms with van der Waals surface area (Å²) in [4.78, 5) is 26.1. The summed E-state index contributed by atoms with van der Waals surface area (Å²) in [6.45, 7) is 13.4. The zero-order chi connectivity index (χ0) is 44.7. The monoisotopic (exact) mass is 857 g/mol. The molecule has 1 aromatic rings. The van der Waals surface area contributed by atoms with Gasteiger partial charge in [0.25, 0.3) is 0 Å². The number of benzene rings is 1. The Balaban J connectivity index is 1.32. The van der Waals surface area contributed by atoms with Crippen molar-refractivity contribution in [3.63, 3.8) is 0 Å². The van der Waals surface area contributed by atoms with E-state index in [1.54, 1.807) is 0 Å². The number of hydrogen-bond donors (Lipinski definition) is 0. The van der Waals surface area contributed by atoms with Crippen LogP contribution in [0.3, 0.4) is 0 Å². The molecule has 0 radical (unpaired) electrons. The van der Waals surface area contributed by atoms with Gasteiger partial charge in [0.1, 0.15) is 23.2 Å². The molecule has 0 bridgehead atoms. The summed E-state index contributed by atoms with van der Waals surface area (Å²) in [6, 6.07) is 4.35. The lowest BCUT2D eigenvalue weighted by Crippen LogP contribution is -2.45. The maximum Gasteiger partial charge on any atom is 0.311 e. The van der Waals surface area contributed by atoms with Crippen LogP contribution in [0.2, 0.25) is 0 Å². The van der Waals surface area contributed by atoms with Crippen molar-refractivity contribution in [1.82, 2.24) is 0 Å². The van der Waals surface area contributed by atoms with Crippen LogP contribution in [-0.2, 0) is 20.7 Å². The molecule has 0 amide bonds. The van der Waals surface area contributed by atoms with E-state index in [4.69, 9.17) is 14.2 Å². The Bertz CT molecular complexity index is 1500. The van der Waals surface area contributed by atoms with Gasteiger partial charge in [-0.2, -0.15) is 0 Å². The fourth-order valence-electron chi connectivity index (χ4n) is 9.32. The van der Waals surface area contributed by atoms with Gasteiger partial charge in [-0.1, -0.05) is 152 Å². The Labute approximate surface area is 381 Å². The fraction of sp³-hybridized carbons (Fsp3) is 0.719. The molecule has 1 heterocycles. The first-order valence-electron chi connectivity index (χ1n) is 26.1. The van der Waals surface area contributed by atoms with E-state index in [1.807, 2.05) is 0 Å². The molecule has 0 spiro atoms. The van der Waals surface area contributed by atoms with Gasteiger partial charge in [-0.15, -0.1) is 0 Å². The molecular weight excluding hydrogens is 765 g/mol. The SMILES string of the molecule is CCCCC/C=C\C/C=C\CCCCCCCC(=O)O[C@@H](C/C=C\CCCCCCCC(=O)Oc1cc(CCCCC)cc2c1[C@@H]1C=C(C)CC[C@H]1C(C)(C)O2)CCCCCC. The molecule has 5 nitrogen and oxygen atoms in total. The van der Waals surface area contributed by atoms with Crippen LogP contribution in [0.5, 0.6) is 11.5 Å². The highest BCUT2D eigenvalue weighted by atomic mass is 16.5. The summed E-state index contributed by atoms with van der Waals surface area (Å²) in [7, 11) is 0. The Kier molecular flexibility index (Phi) is 28.0. The number of carbonyl (C=O) groups is 2. The third-order valence-corrected chi connectivity index (χ3v) is 13.1. The van der Waals surface area contributed by atoms with Gasteiger partial charge in [0.05, 0.1) is 0 Å². The van der Waals surface area contributed by atoms with E-state index in [0.29, 0.717) is 18.8 Å². The molecule has 1 aromatic carbocycles. The second-order valence-corrected chi connectivity index (χ2v) is 19.3. The van der Waals surface area contributed by atoms with Crippen LogP contribution >= 0.6 is 0 Å². The van der Waals surface area contributed by atoms with E-state index in [0.717, 1.165) is 126 Å². The van der Waals surface area contributed by atoms with Gasteiger partial charge in [-0.25, -0.2) is 0 Å². The first-order valence-corrected chi connectivity index (χ1v) is 26.1. The molecule has 350 valence electrons. The maximum atomic E-state index is 13.3. The molecule has 0 N–H and O–H groups in total. The second-order valence-electron chi connectivity index (χ2n) is 19.3. The third-order valence-electron chi connectivity index (χ3n) is 13.1. The highest BCUT2D eigenvalue weighted by Gasteiger charge is 2.45. The molecule has 3 rings (SSSR count). The number of allylic oxidation sites excluding steroid dienone is 7. The lowest BCUT2D eigenvalue weighted by Gasteiger charge is -2.46. The molecule has 1 aliphatic carbocycles. The number of esters is 2. The number of fused-ring (bicyclic) bond motifs is 3. The summed E-state index contributed by atoms with van der Waals surface area (Å²) in [5.41, 5.74) is 3.42. The van der Waals surface area contributed by atoms with Crippen LogP contribution in [0, 0.1) is 5.92 Å². The van der Waals surface area contributed by atoms with E-state index in [2.05, 4.69) is 96.2 Å². The third kappa shape index (κ3) is 22.0. The predicted octanol–water partition coefficient (Wildman–Crippen LogP) is 17.3. The summed E-state index contributed by atoms with van der Waals surface area (Å²) >= 11 is 0. The van der Waals surface area contributed by atoms with E-state index < -0.39 is 0 Å². The largest absolute Gasteiger partial charge is 0.487 e. The highest BCUT2D eigenvalue weighted by molar-refractivity contribution is 5.74. The molecule has 3 atom stereocenters. The minimum Gasteiger partial charge on any atom is -0.487 e. The standard InChI is InChI=1S/C57H92O5/c1-7-10-13-15-16-17-18-19-20-21-22-23-27-30-35-40-54(58)60-49(38-33-14-11-8-2)39-34-29-26-24-25-28-31-36-41-55(59)61-52-45-48(37-32-12-9-3)46-53-56(52)50-44-47(4)42-43-51(50)57(5,6)62-53/h16-17,19-20,29,34,44-46,49-51H,7-15,18,21-28,30-33,35-43H2,1-6H3/b17-16-,20-19-,34-29-/t49-,50-,51-/m1/s1. The quantitative estimate of drug-likeness (QED) is 0.0295. The number of unbranched alkanes of at least 4 members (excludes halogenated alkanes) is 18.